The molecule has 24 heavy (non-hydrogen) atoms. The first-order valence-corrected chi connectivity index (χ1v) is 8.72. The highest BCUT2D eigenvalue weighted by atomic mass is 16.3. The second-order valence-electron chi connectivity index (χ2n) is 7.45. The number of rotatable bonds is 5. The summed E-state index contributed by atoms with van der Waals surface area (Å²) in [5.74, 6) is -0.0299. The lowest BCUT2D eigenvalue weighted by molar-refractivity contribution is -0.156. The number of phenolic OH excluding ortho intramolecular Hbond substituents is 1. The van der Waals surface area contributed by atoms with Gasteiger partial charge in [-0.15, -0.1) is 0 Å². The zero-order valence-electron chi connectivity index (χ0n) is 14.7. The maximum Gasteiger partial charge on any atom is 0.252 e. The third-order valence-electron chi connectivity index (χ3n) is 5.19. The van der Waals surface area contributed by atoms with Gasteiger partial charge in [-0.1, -0.05) is 45.4 Å². The maximum absolute atomic E-state index is 12.7. The van der Waals surface area contributed by atoms with Gasteiger partial charge in [0, 0.05) is 12.1 Å². The van der Waals surface area contributed by atoms with Crippen molar-refractivity contribution in [1.29, 1.82) is 0 Å². The van der Waals surface area contributed by atoms with Gasteiger partial charge in [-0.2, -0.15) is 0 Å². The van der Waals surface area contributed by atoms with Crippen LogP contribution in [0.1, 0.15) is 51.7 Å². The summed E-state index contributed by atoms with van der Waals surface area (Å²) >= 11 is 0. The molecule has 1 fully saturated rings. The monoisotopic (exact) mass is 335 g/mol. The quantitative estimate of drug-likeness (QED) is 0.665. The Balaban J connectivity index is 2.05. The average molecular weight is 335 g/mol. The Morgan fingerprint density at radius 1 is 1.33 bits per heavy atom. The summed E-state index contributed by atoms with van der Waals surface area (Å²) in [4.78, 5) is 12.7. The third-order valence-corrected chi connectivity index (χ3v) is 5.19. The van der Waals surface area contributed by atoms with Gasteiger partial charge in [0.25, 0.3) is 5.91 Å². The summed E-state index contributed by atoms with van der Waals surface area (Å²) in [6.07, 6.45) is 1.26. The number of phenols is 1. The molecule has 1 amide bonds. The van der Waals surface area contributed by atoms with Crippen molar-refractivity contribution < 1.29 is 20.1 Å². The summed E-state index contributed by atoms with van der Waals surface area (Å²) in [6, 6.07) is 6.49. The normalized spacial score (nSPS) is 28.6. The van der Waals surface area contributed by atoms with Crippen LogP contribution in [0.15, 0.2) is 24.3 Å². The Kier molecular flexibility index (Phi) is 5.88. The Labute approximate surface area is 143 Å². The SMILES string of the molecule is CC1CCC(C(C)C)C(O)(C(=O)NCC(O)c2ccccc2O)C1. The number of carbonyl (C=O) groups is 1. The van der Waals surface area contributed by atoms with E-state index >= 15 is 0 Å². The number of para-hydroxylation sites is 1. The molecule has 134 valence electrons. The van der Waals surface area contributed by atoms with Crippen molar-refractivity contribution >= 4 is 5.91 Å². The minimum Gasteiger partial charge on any atom is -0.508 e. The lowest BCUT2D eigenvalue weighted by atomic mass is 9.66. The highest BCUT2D eigenvalue weighted by Gasteiger charge is 2.48. The number of hydrogen-bond donors (Lipinski definition) is 4. The molecule has 0 aliphatic heterocycles. The van der Waals surface area contributed by atoms with Gasteiger partial charge in [-0.25, -0.2) is 0 Å². The van der Waals surface area contributed by atoms with Crippen LogP contribution in [-0.2, 0) is 4.79 Å². The smallest absolute Gasteiger partial charge is 0.252 e. The van der Waals surface area contributed by atoms with Crippen molar-refractivity contribution in [3.63, 3.8) is 0 Å². The lowest BCUT2D eigenvalue weighted by Crippen LogP contribution is -2.56. The molecule has 4 unspecified atom stereocenters. The predicted octanol–water partition coefficient (Wildman–Crippen LogP) is 2.37. The minimum absolute atomic E-state index is 0.00990. The van der Waals surface area contributed by atoms with Crippen molar-refractivity contribution in [1.82, 2.24) is 5.32 Å². The van der Waals surface area contributed by atoms with Crippen LogP contribution in [0.3, 0.4) is 0 Å². The number of hydrogen-bond acceptors (Lipinski definition) is 4. The van der Waals surface area contributed by atoms with E-state index in [1.807, 2.05) is 20.8 Å². The number of aliphatic hydroxyl groups is 2. The molecule has 4 atom stereocenters. The van der Waals surface area contributed by atoms with Gasteiger partial charge < -0.3 is 20.6 Å². The number of aliphatic hydroxyl groups excluding tert-OH is 1. The van der Waals surface area contributed by atoms with Crippen LogP contribution in [0, 0.1) is 17.8 Å². The first-order chi connectivity index (χ1) is 11.3. The predicted molar refractivity (Wildman–Crippen MR) is 92.4 cm³/mol. The van der Waals surface area contributed by atoms with E-state index in [1.165, 1.54) is 6.07 Å². The van der Waals surface area contributed by atoms with E-state index < -0.39 is 17.6 Å². The molecule has 5 heteroatoms. The van der Waals surface area contributed by atoms with Crippen molar-refractivity contribution in [3.8, 4) is 5.75 Å². The van der Waals surface area contributed by atoms with Crippen LogP contribution in [0.25, 0.3) is 0 Å². The van der Waals surface area contributed by atoms with Gasteiger partial charge in [0.2, 0.25) is 0 Å². The lowest BCUT2D eigenvalue weighted by Gasteiger charge is -2.43. The molecule has 0 bridgehead atoms. The van der Waals surface area contributed by atoms with Crippen molar-refractivity contribution in [2.45, 2.75) is 51.7 Å². The highest BCUT2D eigenvalue weighted by molar-refractivity contribution is 5.85. The molecule has 0 aromatic heterocycles. The van der Waals surface area contributed by atoms with E-state index in [0.717, 1.165) is 12.8 Å². The molecule has 1 aromatic rings. The molecule has 0 heterocycles. The van der Waals surface area contributed by atoms with E-state index in [9.17, 15) is 20.1 Å². The number of benzene rings is 1. The zero-order chi connectivity index (χ0) is 17.9. The summed E-state index contributed by atoms with van der Waals surface area (Å²) in [5.41, 5.74) is -1.04. The molecule has 5 nitrogen and oxygen atoms in total. The molecular formula is C19H29NO4. The maximum atomic E-state index is 12.7. The van der Waals surface area contributed by atoms with Crippen LogP contribution in [0.5, 0.6) is 5.75 Å². The number of aromatic hydroxyl groups is 1. The zero-order valence-corrected chi connectivity index (χ0v) is 14.7. The van der Waals surface area contributed by atoms with Crippen LogP contribution in [0.4, 0.5) is 0 Å². The fourth-order valence-electron chi connectivity index (χ4n) is 3.86. The summed E-state index contributed by atoms with van der Waals surface area (Å²) < 4.78 is 0. The van der Waals surface area contributed by atoms with Gasteiger partial charge in [0.15, 0.2) is 0 Å². The van der Waals surface area contributed by atoms with Gasteiger partial charge >= 0.3 is 0 Å². The van der Waals surface area contributed by atoms with Crippen LogP contribution >= 0.6 is 0 Å². The molecule has 1 aliphatic rings. The third kappa shape index (κ3) is 3.90. The average Bonchev–Trinajstić information content (AvgIpc) is 2.52. The van der Waals surface area contributed by atoms with E-state index in [4.69, 9.17) is 0 Å². The molecule has 2 rings (SSSR count). The van der Waals surface area contributed by atoms with Crippen LogP contribution in [0.2, 0.25) is 0 Å². The Bertz CT molecular complexity index is 574. The molecule has 1 aliphatic carbocycles. The Morgan fingerprint density at radius 3 is 2.62 bits per heavy atom. The summed E-state index contributed by atoms with van der Waals surface area (Å²) in [6.45, 7) is 6.05. The van der Waals surface area contributed by atoms with Gasteiger partial charge in [-0.05, 0) is 36.7 Å². The second kappa shape index (κ2) is 7.53. The Hall–Kier alpha value is -1.59. The van der Waals surface area contributed by atoms with Crippen LogP contribution in [-0.4, -0.2) is 33.4 Å². The minimum atomic E-state index is -1.40. The molecule has 0 radical (unpaired) electrons. The van der Waals surface area contributed by atoms with Gasteiger partial charge in [0.05, 0.1) is 6.10 Å². The van der Waals surface area contributed by atoms with Crippen LogP contribution < -0.4 is 5.32 Å². The highest BCUT2D eigenvalue weighted by Crippen LogP contribution is 2.41. The molecule has 0 spiro atoms. The standard InChI is InChI=1S/C19H29NO4/c1-12(2)15-9-8-13(3)10-19(15,24)18(23)20-11-17(22)14-6-4-5-7-16(14)21/h4-7,12-13,15,17,21-22,24H,8-11H2,1-3H3,(H,20,23). The van der Waals surface area contributed by atoms with E-state index in [0.29, 0.717) is 17.9 Å². The second-order valence-corrected chi connectivity index (χ2v) is 7.45. The fraction of sp³-hybridized carbons (Fsp3) is 0.632. The van der Waals surface area contributed by atoms with Gasteiger partial charge in [0.1, 0.15) is 11.4 Å². The first-order valence-electron chi connectivity index (χ1n) is 8.72. The fourth-order valence-corrected chi connectivity index (χ4v) is 3.86. The Morgan fingerprint density at radius 2 is 2.00 bits per heavy atom. The molecule has 4 N–H and O–H groups in total. The largest absolute Gasteiger partial charge is 0.508 e. The van der Waals surface area contributed by atoms with E-state index in [-0.39, 0.29) is 24.1 Å². The van der Waals surface area contributed by atoms with Crippen molar-refractivity contribution in [2.75, 3.05) is 6.54 Å². The number of amides is 1. The number of nitrogens with one attached hydrogen (secondary N) is 1. The first kappa shape index (κ1) is 18.7. The molecule has 1 saturated carbocycles. The summed E-state index contributed by atoms with van der Waals surface area (Å²) in [5, 5.41) is 33.7. The molecule has 1 aromatic carbocycles. The van der Waals surface area contributed by atoms with Crippen molar-refractivity contribution in [3.05, 3.63) is 29.8 Å². The summed E-state index contributed by atoms with van der Waals surface area (Å²) in [7, 11) is 0. The van der Waals surface area contributed by atoms with Gasteiger partial charge in [-0.3, -0.25) is 4.79 Å². The van der Waals surface area contributed by atoms with E-state index in [1.54, 1.807) is 18.2 Å². The number of carbonyl (C=O) groups excluding carboxylic acids is 1. The van der Waals surface area contributed by atoms with E-state index in [2.05, 4.69) is 5.32 Å². The molecular weight excluding hydrogens is 306 g/mol. The topological polar surface area (TPSA) is 89.8 Å². The molecule has 0 saturated heterocycles. The van der Waals surface area contributed by atoms with Crippen molar-refractivity contribution in [2.24, 2.45) is 17.8 Å².